The van der Waals surface area contributed by atoms with Crippen molar-refractivity contribution in [3.63, 3.8) is 0 Å². The van der Waals surface area contributed by atoms with E-state index in [0.29, 0.717) is 4.88 Å². The van der Waals surface area contributed by atoms with Crippen molar-refractivity contribution in [3.05, 3.63) is 21.9 Å². The van der Waals surface area contributed by atoms with Crippen LogP contribution in [-0.2, 0) is 4.79 Å². The smallest absolute Gasteiger partial charge is 0.262 e. The van der Waals surface area contributed by atoms with Gasteiger partial charge in [0, 0.05) is 7.05 Å². The van der Waals surface area contributed by atoms with Crippen molar-refractivity contribution >= 4 is 23.2 Å². The van der Waals surface area contributed by atoms with Crippen LogP contribution in [0.1, 0.15) is 21.5 Å². The van der Waals surface area contributed by atoms with Crippen LogP contribution in [0.5, 0.6) is 0 Å². The largest absolute Gasteiger partial charge is 0.357 e. The fourth-order valence-corrected chi connectivity index (χ4v) is 2.00. The van der Waals surface area contributed by atoms with Crippen LogP contribution in [0.25, 0.3) is 0 Å². The van der Waals surface area contributed by atoms with Crippen LogP contribution in [0.2, 0.25) is 0 Å². The van der Waals surface area contributed by atoms with Gasteiger partial charge in [0.1, 0.15) is 6.04 Å². The minimum absolute atomic E-state index is 0.233. The Morgan fingerprint density at radius 1 is 1.50 bits per heavy atom. The monoisotopic (exact) mass is 265 g/mol. The second-order valence-corrected chi connectivity index (χ2v) is 4.56. The van der Waals surface area contributed by atoms with E-state index >= 15 is 0 Å². The van der Waals surface area contributed by atoms with Crippen LogP contribution >= 0.6 is 11.3 Å². The van der Waals surface area contributed by atoms with Crippen LogP contribution < -0.4 is 16.4 Å². The van der Waals surface area contributed by atoms with E-state index in [9.17, 15) is 9.59 Å². The molecule has 0 spiro atoms. The molecule has 0 radical (unpaired) electrons. The molecule has 1 unspecified atom stereocenters. The number of hydrogen-bond acceptors (Lipinski definition) is 4. The van der Waals surface area contributed by atoms with E-state index in [-0.39, 0.29) is 18.4 Å². The lowest BCUT2D eigenvalue weighted by Crippen LogP contribution is -2.43. The second-order valence-electron chi connectivity index (χ2n) is 3.48. The zero-order chi connectivity index (χ0) is 13.5. The van der Waals surface area contributed by atoms with E-state index in [0.717, 1.165) is 4.88 Å². The maximum atomic E-state index is 11.8. The average Bonchev–Trinajstić information content (AvgIpc) is 2.83. The highest BCUT2D eigenvalue weighted by atomic mass is 32.1. The van der Waals surface area contributed by atoms with Crippen LogP contribution in [0.4, 0.5) is 0 Å². The highest BCUT2D eigenvalue weighted by Crippen LogP contribution is 2.15. The summed E-state index contributed by atoms with van der Waals surface area (Å²) in [6.07, 6.45) is 0. The molecule has 18 heavy (non-hydrogen) atoms. The van der Waals surface area contributed by atoms with E-state index in [4.69, 9.17) is 5.73 Å². The lowest BCUT2D eigenvalue weighted by atomic mass is 10.3. The molecule has 0 fully saturated rings. The van der Waals surface area contributed by atoms with E-state index in [1.807, 2.05) is 0 Å². The molecule has 0 bridgehead atoms. The molecule has 1 aromatic heterocycles. The third kappa shape index (κ3) is 3.87. The van der Waals surface area contributed by atoms with Crippen molar-refractivity contribution in [1.29, 1.82) is 0 Å². The van der Waals surface area contributed by atoms with Gasteiger partial charge >= 0.3 is 0 Å². The molecule has 1 rings (SSSR count). The minimum atomic E-state index is -0.567. The van der Waals surface area contributed by atoms with Crippen molar-refractivity contribution in [2.75, 3.05) is 13.6 Å². The quantitative estimate of drug-likeness (QED) is 0.668. The van der Waals surface area contributed by atoms with Crippen molar-refractivity contribution in [2.24, 2.45) is 5.73 Å². The van der Waals surface area contributed by atoms with Gasteiger partial charge in [0.15, 0.2) is 0 Å². The molecule has 0 saturated heterocycles. The van der Waals surface area contributed by atoms with Crippen molar-refractivity contribution in [1.82, 2.24) is 10.6 Å². The summed E-state index contributed by atoms with van der Waals surface area (Å²) in [5, 5.41) is 5.07. The molecule has 1 aromatic rings. The minimum Gasteiger partial charge on any atom is -0.357 e. The number of carbonyl (C=O) groups excluding carboxylic acids is 2. The Labute approximate surface area is 110 Å². The maximum Gasteiger partial charge on any atom is 0.262 e. The van der Waals surface area contributed by atoms with E-state index < -0.39 is 6.04 Å². The molecule has 0 saturated carbocycles. The fraction of sp³-hybridized carbons (Fsp3) is 0.333. The predicted molar refractivity (Wildman–Crippen MR) is 71.2 cm³/mol. The summed E-state index contributed by atoms with van der Waals surface area (Å²) in [6, 6.07) is 2.87. The molecule has 5 nitrogen and oxygen atoms in total. The lowest BCUT2D eigenvalue weighted by Gasteiger charge is -2.10. The maximum absolute atomic E-state index is 11.8. The number of thiophene rings is 1. The van der Waals surface area contributed by atoms with Gasteiger partial charge in [-0.3, -0.25) is 9.59 Å². The van der Waals surface area contributed by atoms with Crippen LogP contribution in [-0.4, -0.2) is 31.4 Å². The first-order valence-corrected chi connectivity index (χ1v) is 6.21. The average molecular weight is 265 g/mol. The summed E-state index contributed by atoms with van der Waals surface area (Å²) in [6.45, 7) is 1.91. The Bertz CT molecular complexity index is 499. The first kappa shape index (κ1) is 14.2. The summed E-state index contributed by atoms with van der Waals surface area (Å²) in [5.41, 5.74) is 5.26. The molecular weight excluding hydrogens is 250 g/mol. The Morgan fingerprint density at radius 3 is 2.83 bits per heavy atom. The summed E-state index contributed by atoms with van der Waals surface area (Å²) in [5.74, 6) is 5.05. The molecule has 1 atom stereocenters. The van der Waals surface area contributed by atoms with Gasteiger partial charge in [0.05, 0.1) is 16.3 Å². The Morgan fingerprint density at radius 2 is 2.22 bits per heavy atom. The highest BCUT2D eigenvalue weighted by molar-refractivity contribution is 7.14. The zero-order valence-electron chi connectivity index (χ0n) is 10.2. The number of likely N-dealkylation sites (N-methyl/N-ethyl adjacent to an activating group) is 1. The fourth-order valence-electron chi connectivity index (χ4n) is 1.22. The molecule has 0 aliphatic carbocycles. The summed E-state index contributed by atoms with van der Waals surface area (Å²) < 4.78 is 0. The first-order valence-electron chi connectivity index (χ1n) is 5.39. The lowest BCUT2D eigenvalue weighted by molar-refractivity contribution is -0.122. The van der Waals surface area contributed by atoms with Gasteiger partial charge in [-0.15, -0.1) is 11.3 Å². The Kier molecular flexibility index (Phi) is 5.36. The summed E-state index contributed by atoms with van der Waals surface area (Å²) in [4.78, 5) is 24.4. The van der Waals surface area contributed by atoms with Gasteiger partial charge in [-0.2, -0.15) is 0 Å². The SMILES string of the molecule is CNC(=O)C(C)NC(=O)c1ccc(C#CCN)s1. The number of carbonyl (C=O) groups is 2. The van der Waals surface area contributed by atoms with E-state index in [2.05, 4.69) is 22.5 Å². The summed E-state index contributed by atoms with van der Waals surface area (Å²) >= 11 is 1.27. The van der Waals surface area contributed by atoms with E-state index in [1.54, 1.807) is 19.1 Å². The van der Waals surface area contributed by atoms with Crippen molar-refractivity contribution in [3.8, 4) is 11.8 Å². The third-order valence-corrected chi connectivity index (χ3v) is 3.13. The Balaban J connectivity index is 2.67. The number of hydrogen-bond donors (Lipinski definition) is 3. The predicted octanol–water partition coefficient (Wildman–Crippen LogP) is -0.0774. The summed E-state index contributed by atoms with van der Waals surface area (Å²) in [7, 11) is 1.52. The number of nitrogens with one attached hydrogen (secondary N) is 2. The van der Waals surface area contributed by atoms with Crippen molar-refractivity contribution < 1.29 is 9.59 Å². The van der Waals surface area contributed by atoms with Crippen molar-refractivity contribution in [2.45, 2.75) is 13.0 Å². The first-order chi connectivity index (χ1) is 8.58. The molecule has 2 amide bonds. The number of nitrogens with two attached hydrogens (primary N) is 1. The molecular formula is C12H15N3O2S. The molecule has 1 heterocycles. The van der Waals surface area contributed by atoms with Crippen LogP contribution in [0, 0.1) is 11.8 Å². The van der Waals surface area contributed by atoms with E-state index in [1.165, 1.54) is 18.4 Å². The van der Waals surface area contributed by atoms with Crippen LogP contribution in [0.15, 0.2) is 12.1 Å². The Hall–Kier alpha value is -1.84. The molecule has 6 heteroatoms. The standard InChI is InChI=1S/C12H15N3O2S/c1-8(11(16)14-2)15-12(17)10-6-5-9(18-10)4-3-7-13/h5-6,8H,7,13H2,1-2H3,(H,14,16)(H,15,17). The van der Waals surface area contributed by atoms with Gasteiger partial charge in [0.25, 0.3) is 5.91 Å². The van der Waals surface area contributed by atoms with Gasteiger partial charge < -0.3 is 16.4 Å². The molecule has 0 aromatic carbocycles. The van der Waals surface area contributed by atoms with Gasteiger partial charge in [-0.1, -0.05) is 11.8 Å². The molecule has 0 aliphatic heterocycles. The highest BCUT2D eigenvalue weighted by Gasteiger charge is 2.16. The zero-order valence-corrected chi connectivity index (χ0v) is 11.1. The number of rotatable bonds is 3. The normalized spacial score (nSPS) is 11.1. The topological polar surface area (TPSA) is 84.2 Å². The molecule has 96 valence electrons. The van der Waals surface area contributed by atoms with Gasteiger partial charge in [-0.25, -0.2) is 0 Å². The van der Waals surface area contributed by atoms with Crippen LogP contribution in [0.3, 0.4) is 0 Å². The second kappa shape index (κ2) is 6.79. The number of amides is 2. The third-order valence-electron chi connectivity index (χ3n) is 2.13. The van der Waals surface area contributed by atoms with Gasteiger partial charge in [-0.05, 0) is 19.1 Å². The molecule has 0 aliphatic rings. The molecule has 4 N–H and O–H groups in total. The van der Waals surface area contributed by atoms with Gasteiger partial charge in [0.2, 0.25) is 5.91 Å².